The van der Waals surface area contributed by atoms with Gasteiger partial charge in [0.2, 0.25) is 0 Å². The van der Waals surface area contributed by atoms with Crippen molar-refractivity contribution in [3.63, 3.8) is 0 Å². The van der Waals surface area contributed by atoms with E-state index < -0.39 is 17.7 Å². The van der Waals surface area contributed by atoms with Gasteiger partial charge in [-0.05, 0) is 32.6 Å². The molecule has 0 saturated heterocycles. The summed E-state index contributed by atoms with van der Waals surface area (Å²) in [5.74, 6) is -1.30. The minimum Gasteiger partial charge on any atom is -0.390 e. The summed E-state index contributed by atoms with van der Waals surface area (Å²) in [5.41, 5.74) is -1.11. The molecule has 1 rings (SSSR count). The standard InChI is InChI=1S/C8H13F3O/c1-7(12)4-2-3-6(5-7)8(9,10)11/h6,12H,2-5H2,1H3/t6-,7-/m0/s1. The van der Waals surface area contributed by atoms with Gasteiger partial charge in [-0.1, -0.05) is 0 Å². The fraction of sp³-hybridized carbons (Fsp3) is 1.00. The lowest BCUT2D eigenvalue weighted by Gasteiger charge is -2.34. The van der Waals surface area contributed by atoms with Crippen LogP contribution in [0.25, 0.3) is 0 Å². The van der Waals surface area contributed by atoms with Crippen molar-refractivity contribution < 1.29 is 18.3 Å². The fourth-order valence-corrected chi connectivity index (χ4v) is 1.74. The Balaban J connectivity index is 2.58. The molecule has 1 saturated carbocycles. The Labute approximate surface area is 69.6 Å². The number of aliphatic hydroxyl groups is 1. The molecule has 1 aliphatic carbocycles. The quantitative estimate of drug-likeness (QED) is 0.610. The Bertz CT molecular complexity index is 159. The van der Waals surface area contributed by atoms with Crippen LogP contribution in [0.1, 0.15) is 32.6 Å². The Morgan fingerprint density at radius 3 is 2.33 bits per heavy atom. The van der Waals surface area contributed by atoms with E-state index in [0.717, 1.165) is 0 Å². The predicted molar refractivity (Wildman–Crippen MR) is 38.6 cm³/mol. The van der Waals surface area contributed by atoms with Crippen molar-refractivity contribution in [2.24, 2.45) is 5.92 Å². The summed E-state index contributed by atoms with van der Waals surface area (Å²) >= 11 is 0. The largest absolute Gasteiger partial charge is 0.391 e. The zero-order valence-electron chi connectivity index (χ0n) is 6.99. The van der Waals surface area contributed by atoms with E-state index in [-0.39, 0.29) is 12.8 Å². The molecular weight excluding hydrogens is 169 g/mol. The van der Waals surface area contributed by atoms with E-state index in [9.17, 15) is 18.3 Å². The third-order valence-electron chi connectivity index (χ3n) is 2.42. The number of rotatable bonds is 0. The van der Waals surface area contributed by atoms with Crippen LogP contribution < -0.4 is 0 Å². The maximum Gasteiger partial charge on any atom is 0.391 e. The van der Waals surface area contributed by atoms with Crippen LogP contribution in [0.15, 0.2) is 0 Å². The molecule has 1 N–H and O–H groups in total. The van der Waals surface area contributed by atoms with Gasteiger partial charge in [0.05, 0.1) is 11.5 Å². The summed E-state index contributed by atoms with van der Waals surface area (Å²) in [6, 6.07) is 0. The van der Waals surface area contributed by atoms with Crippen molar-refractivity contribution in [2.75, 3.05) is 0 Å². The summed E-state index contributed by atoms with van der Waals surface area (Å²) in [7, 11) is 0. The van der Waals surface area contributed by atoms with Gasteiger partial charge in [0.15, 0.2) is 0 Å². The average Bonchev–Trinajstić information content (AvgIpc) is 1.83. The fourth-order valence-electron chi connectivity index (χ4n) is 1.74. The molecule has 72 valence electrons. The second-order valence-corrected chi connectivity index (χ2v) is 3.83. The molecule has 0 heterocycles. The summed E-state index contributed by atoms with van der Waals surface area (Å²) in [5, 5.41) is 9.41. The third kappa shape index (κ3) is 2.37. The highest BCUT2D eigenvalue weighted by Gasteiger charge is 2.45. The first-order valence-corrected chi connectivity index (χ1v) is 4.10. The maximum absolute atomic E-state index is 12.2. The van der Waals surface area contributed by atoms with E-state index in [4.69, 9.17) is 0 Å². The Hall–Kier alpha value is -0.250. The van der Waals surface area contributed by atoms with Crippen molar-refractivity contribution in [1.29, 1.82) is 0 Å². The van der Waals surface area contributed by atoms with Gasteiger partial charge in [0.1, 0.15) is 0 Å². The van der Waals surface area contributed by atoms with Crippen LogP contribution in [0, 0.1) is 5.92 Å². The van der Waals surface area contributed by atoms with E-state index in [1.807, 2.05) is 0 Å². The predicted octanol–water partition coefficient (Wildman–Crippen LogP) is 2.49. The van der Waals surface area contributed by atoms with E-state index >= 15 is 0 Å². The first-order chi connectivity index (χ1) is 5.31. The maximum atomic E-state index is 12.2. The topological polar surface area (TPSA) is 20.2 Å². The van der Waals surface area contributed by atoms with Gasteiger partial charge < -0.3 is 5.11 Å². The van der Waals surface area contributed by atoms with Crippen LogP contribution in [0.3, 0.4) is 0 Å². The summed E-state index contributed by atoms with van der Waals surface area (Å²) in [4.78, 5) is 0. The van der Waals surface area contributed by atoms with E-state index in [1.54, 1.807) is 0 Å². The molecule has 0 aliphatic heterocycles. The Kier molecular flexibility index (Phi) is 2.38. The smallest absolute Gasteiger partial charge is 0.390 e. The van der Waals surface area contributed by atoms with Gasteiger partial charge in [-0.25, -0.2) is 0 Å². The van der Waals surface area contributed by atoms with Crippen LogP contribution in [-0.2, 0) is 0 Å². The molecule has 0 radical (unpaired) electrons. The highest BCUT2D eigenvalue weighted by Crippen LogP contribution is 2.41. The molecule has 4 heteroatoms. The van der Waals surface area contributed by atoms with E-state index in [1.165, 1.54) is 6.92 Å². The Morgan fingerprint density at radius 2 is 2.00 bits per heavy atom. The highest BCUT2D eigenvalue weighted by molar-refractivity contribution is 4.85. The summed E-state index contributed by atoms with van der Waals surface area (Å²) in [6.07, 6.45) is -3.16. The molecule has 0 aromatic heterocycles. The molecule has 0 aromatic rings. The van der Waals surface area contributed by atoms with Crippen LogP contribution in [0.4, 0.5) is 13.2 Å². The molecule has 12 heavy (non-hydrogen) atoms. The van der Waals surface area contributed by atoms with Crippen molar-refractivity contribution in [2.45, 2.75) is 44.4 Å². The molecule has 0 unspecified atom stereocenters. The van der Waals surface area contributed by atoms with Crippen LogP contribution in [0.2, 0.25) is 0 Å². The second-order valence-electron chi connectivity index (χ2n) is 3.83. The van der Waals surface area contributed by atoms with Crippen molar-refractivity contribution in [3.05, 3.63) is 0 Å². The van der Waals surface area contributed by atoms with Gasteiger partial charge in [-0.15, -0.1) is 0 Å². The molecule has 0 bridgehead atoms. The number of alkyl halides is 3. The lowest BCUT2D eigenvalue weighted by molar-refractivity contribution is -0.198. The zero-order chi connectivity index (χ0) is 9.41. The van der Waals surface area contributed by atoms with Crippen LogP contribution in [-0.4, -0.2) is 16.9 Å². The zero-order valence-corrected chi connectivity index (χ0v) is 6.99. The normalized spacial score (nSPS) is 38.2. The molecule has 1 aliphatic rings. The first-order valence-electron chi connectivity index (χ1n) is 4.10. The summed E-state index contributed by atoms with van der Waals surface area (Å²) < 4.78 is 36.5. The van der Waals surface area contributed by atoms with Crippen LogP contribution >= 0.6 is 0 Å². The van der Waals surface area contributed by atoms with Gasteiger partial charge in [-0.2, -0.15) is 13.2 Å². The number of halogens is 3. The molecule has 1 fully saturated rings. The SMILES string of the molecule is C[C@]1(O)CCC[C@H](C(F)(F)F)C1. The lowest BCUT2D eigenvalue weighted by atomic mass is 9.79. The Morgan fingerprint density at radius 1 is 1.42 bits per heavy atom. The van der Waals surface area contributed by atoms with Gasteiger partial charge in [-0.3, -0.25) is 0 Å². The van der Waals surface area contributed by atoms with Gasteiger partial charge in [0, 0.05) is 0 Å². The molecule has 0 amide bonds. The van der Waals surface area contributed by atoms with Crippen molar-refractivity contribution >= 4 is 0 Å². The van der Waals surface area contributed by atoms with Gasteiger partial charge in [0.25, 0.3) is 0 Å². The minimum atomic E-state index is -4.13. The van der Waals surface area contributed by atoms with Crippen molar-refractivity contribution in [1.82, 2.24) is 0 Å². The first kappa shape index (κ1) is 9.84. The number of hydrogen-bond donors (Lipinski definition) is 1. The molecule has 2 atom stereocenters. The third-order valence-corrected chi connectivity index (χ3v) is 2.42. The minimum absolute atomic E-state index is 0.142. The van der Waals surface area contributed by atoms with Crippen molar-refractivity contribution in [3.8, 4) is 0 Å². The van der Waals surface area contributed by atoms with E-state index in [0.29, 0.717) is 12.8 Å². The highest BCUT2D eigenvalue weighted by atomic mass is 19.4. The summed E-state index contributed by atoms with van der Waals surface area (Å²) in [6.45, 7) is 1.48. The average molecular weight is 182 g/mol. The second kappa shape index (κ2) is 2.91. The van der Waals surface area contributed by atoms with Gasteiger partial charge >= 0.3 is 6.18 Å². The van der Waals surface area contributed by atoms with Crippen LogP contribution in [0.5, 0.6) is 0 Å². The molecule has 0 aromatic carbocycles. The van der Waals surface area contributed by atoms with E-state index in [2.05, 4.69) is 0 Å². The molecule has 0 spiro atoms. The number of hydrogen-bond acceptors (Lipinski definition) is 1. The molecule has 1 nitrogen and oxygen atoms in total. The monoisotopic (exact) mass is 182 g/mol. The molecular formula is C8H13F3O. The lowest BCUT2D eigenvalue weighted by Crippen LogP contribution is -2.37.